The van der Waals surface area contributed by atoms with Gasteiger partial charge in [-0.15, -0.1) is 10.2 Å². The summed E-state index contributed by atoms with van der Waals surface area (Å²) in [6, 6.07) is 8.04. The van der Waals surface area contributed by atoms with Crippen molar-refractivity contribution in [3.05, 3.63) is 35.7 Å². The first-order valence-corrected chi connectivity index (χ1v) is 8.23. The van der Waals surface area contributed by atoms with Gasteiger partial charge in [-0.1, -0.05) is 56.4 Å². The lowest BCUT2D eigenvalue weighted by Crippen LogP contribution is -2.34. The highest BCUT2D eigenvalue weighted by Crippen LogP contribution is 2.25. The van der Waals surface area contributed by atoms with E-state index in [0.29, 0.717) is 6.54 Å². The van der Waals surface area contributed by atoms with Gasteiger partial charge in [-0.05, 0) is 12.5 Å². The Kier molecular flexibility index (Phi) is 3.89. The second-order valence-electron chi connectivity index (χ2n) is 6.48. The van der Waals surface area contributed by atoms with Crippen LogP contribution in [0.25, 0.3) is 15.5 Å². The molecule has 120 valence electrons. The second kappa shape index (κ2) is 5.73. The summed E-state index contributed by atoms with van der Waals surface area (Å²) in [5, 5.41) is 16.4. The maximum atomic E-state index is 11.9. The highest BCUT2D eigenvalue weighted by Gasteiger charge is 2.20. The molecule has 2 heterocycles. The number of carbonyl (C=O) groups excluding carboxylic acids is 1. The van der Waals surface area contributed by atoms with E-state index in [-0.39, 0.29) is 11.3 Å². The Morgan fingerprint density at radius 3 is 2.52 bits per heavy atom. The average molecular weight is 329 g/mol. The smallest absolute Gasteiger partial charge is 0.234 e. The number of hydrogen-bond acceptors (Lipinski definition) is 5. The summed E-state index contributed by atoms with van der Waals surface area (Å²) in [5.74, 6) is 0.828. The Hall–Kier alpha value is -2.28. The van der Waals surface area contributed by atoms with Crippen LogP contribution in [-0.4, -0.2) is 25.7 Å². The monoisotopic (exact) mass is 329 g/mol. The molecule has 2 aromatic heterocycles. The fourth-order valence-electron chi connectivity index (χ4n) is 2.04. The molecule has 7 heteroatoms. The molecule has 0 spiro atoms. The van der Waals surface area contributed by atoms with Crippen LogP contribution in [0.2, 0.25) is 0 Å². The lowest BCUT2D eigenvalue weighted by molar-refractivity contribution is -0.128. The van der Waals surface area contributed by atoms with Crippen LogP contribution in [0, 0.1) is 12.3 Å². The molecule has 3 aromatic rings. The van der Waals surface area contributed by atoms with E-state index >= 15 is 0 Å². The Labute approximate surface area is 138 Å². The molecular formula is C16H19N5OS. The quantitative estimate of drug-likeness (QED) is 0.802. The van der Waals surface area contributed by atoms with E-state index in [1.54, 1.807) is 4.52 Å². The highest BCUT2D eigenvalue weighted by atomic mass is 32.1. The minimum atomic E-state index is -0.373. The van der Waals surface area contributed by atoms with Gasteiger partial charge in [-0.25, -0.2) is 0 Å². The number of nitrogens with one attached hydrogen (secondary N) is 1. The van der Waals surface area contributed by atoms with Gasteiger partial charge in [0, 0.05) is 17.5 Å². The first-order valence-electron chi connectivity index (χ1n) is 7.41. The molecule has 1 N–H and O–H groups in total. The maximum Gasteiger partial charge on any atom is 0.234 e. The van der Waals surface area contributed by atoms with Crippen LogP contribution < -0.4 is 5.32 Å². The fourth-order valence-corrected chi connectivity index (χ4v) is 2.93. The van der Waals surface area contributed by atoms with Gasteiger partial charge in [0.2, 0.25) is 10.9 Å². The van der Waals surface area contributed by atoms with E-state index in [2.05, 4.69) is 20.6 Å². The summed E-state index contributed by atoms with van der Waals surface area (Å²) < 4.78 is 1.75. The number of benzene rings is 1. The van der Waals surface area contributed by atoms with E-state index in [1.807, 2.05) is 52.0 Å². The van der Waals surface area contributed by atoms with Crippen LogP contribution in [0.5, 0.6) is 0 Å². The van der Waals surface area contributed by atoms with E-state index in [9.17, 15) is 4.79 Å². The number of carbonyl (C=O) groups is 1. The van der Waals surface area contributed by atoms with Gasteiger partial charge in [0.15, 0.2) is 5.82 Å². The molecule has 6 nitrogen and oxygen atoms in total. The Balaban J connectivity index is 1.73. The minimum absolute atomic E-state index is 0.0469. The van der Waals surface area contributed by atoms with E-state index in [0.717, 1.165) is 26.9 Å². The zero-order valence-corrected chi connectivity index (χ0v) is 14.4. The molecule has 0 unspecified atom stereocenters. The summed E-state index contributed by atoms with van der Waals surface area (Å²) in [6.45, 7) is 8.12. The second-order valence-corrected chi connectivity index (χ2v) is 7.43. The van der Waals surface area contributed by atoms with Gasteiger partial charge in [-0.2, -0.15) is 9.61 Å². The standard InChI is InChI=1S/C16H19N5OS/c1-10-18-19-15-21(10)20-13(23-15)12-7-5-11(6-8-12)9-17-14(22)16(2,3)4/h5-8H,9H2,1-4H3,(H,17,22). The molecule has 1 amide bonds. The molecule has 3 rings (SSSR count). The van der Waals surface area contributed by atoms with Gasteiger partial charge in [0.25, 0.3) is 0 Å². The fraction of sp³-hybridized carbons (Fsp3) is 0.375. The number of nitrogens with zero attached hydrogens (tertiary/aromatic N) is 4. The third-order valence-corrected chi connectivity index (χ3v) is 4.43. The largest absolute Gasteiger partial charge is 0.352 e. The third-order valence-electron chi connectivity index (χ3n) is 3.48. The maximum absolute atomic E-state index is 11.9. The molecule has 0 fully saturated rings. The molecule has 1 aromatic carbocycles. The molecular weight excluding hydrogens is 310 g/mol. The lowest BCUT2D eigenvalue weighted by Gasteiger charge is -2.17. The van der Waals surface area contributed by atoms with E-state index in [4.69, 9.17) is 0 Å². The molecule has 0 bridgehead atoms. The summed E-state index contributed by atoms with van der Waals surface area (Å²) in [4.78, 5) is 12.7. The SMILES string of the molecule is Cc1nnc2sc(-c3ccc(CNC(=O)C(C)(C)C)cc3)nn12. The molecule has 0 saturated heterocycles. The molecule has 0 aliphatic rings. The van der Waals surface area contributed by atoms with Crippen molar-refractivity contribution in [1.82, 2.24) is 25.1 Å². The van der Waals surface area contributed by atoms with Crippen LogP contribution >= 0.6 is 11.3 Å². The molecule has 0 saturated carbocycles. The van der Waals surface area contributed by atoms with Crippen molar-refractivity contribution in [2.45, 2.75) is 34.2 Å². The average Bonchev–Trinajstić information content (AvgIpc) is 3.07. The molecule has 23 heavy (non-hydrogen) atoms. The summed E-state index contributed by atoms with van der Waals surface area (Å²) in [6.07, 6.45) is 0. The summed E-state index contributed by atoms with van der Waals surface area (Å²) in [5.41, 5.74) is 1.72. The van der Waals surface area contributed by atoms with Crippen LogP contribution in [0.3, 0.4) is 0 Å². The van der Waals surface area contributed by atoms with Crippen molar-refractivity contribution in [2.24, 2.45) is 5.41 Å². The van der Waals surface area contributed by atoms with Crippen molar-refractivity contribution in [3.63, 3.8) is 0 Å². The van der Waals surface area contributed by atoms with Crippen molar-refractivity contribution < 1.29 is 4.79 Å². The van der Waals surface area contributed by atoms with Crippen molar-refractivity contribution in [1.29, 1.82) is 0 Å². The number of aryl methyl sites for hydroxylation is 1. The number of fused-ring (bicyclic) bond motifs is 1. The summed E-state index contributed by atoms with van der Waals surface area (Å²) >= 11 is 1.51. The van der Waals surface area contributed by atoms with Crippen molar-refractivity contribution in [2.75, 3.05) is 0 Å². The van der Waals surface area contributed by atoms with Gasteiger partial charge in [0.1, 0.15) is 5.01 Å². The van der Waals surface area contributed by atoms with Crippen LogP contribution in [0.1, 0.15) is 32.2 Å². The van der Waals surface area contributed by atoms with Crippen molar-refractivity contribution in [3.8, 4) is 10.6 Å². The zero-order valence-electron chi connectivity index (χ0n) is 13.6. The van der Waals surface area contributed by atoms with Crippen LogP contribution in [0.15, 0.2) is 24.3 Å². The lowest BCUT2D eigenvalue weighted by atomic mass is 9.95. The van der Waals surface area contributed by atoms with Crippen molar-refractivity contribution >= 4 is 22.2 Å². The Morgan fingerprint density at radius 2 is 1.91 bits per heavy atom. The predicted molar refractivity (Wildman–Crippen MR) is 90.1 cm³/mol. The van der Waals surface area contributed by atoms with Gasteiger partial charge in [-0.3, -0.25) is 4.79 Å². The first-order chi connectivity index (χ1) is 10.8. The molecule has 0 aliphatic heterocycles. The van der Waals surface area contributed by atoms with Crippen LogP contribution in [-0.2, 0) is 11.3 Å². The first kappa shape index (κ1) is 15.6. The third kappa shape index (κ3) is 3.24. The topological polar surface area (TPSA) is 72.2 Å². The molecule has 0 aliphatic carbocycles. The van der Waals surface area contributed by atoms with Gasteiger partial charge in [0.05, 0.1) is 0 Å². The predicted octanol–water partition coefficient (Wildman–Crippen LogP) is 2.82. The number of aromatic nitrogens is 4. The minimum Gasteiger partial charge on any atom is -0.352 e. The van der Waals surface area contributed by atoms with Gasteiger partial charge >= 0.3 is 0 Å². The number of rotatable bonds is 3. The highest BCUT2D eigenvalue weighted by molar-refractivity contribution is 7.19. The van der Waals surface area contributed by atoms with E-state index in [1.165, 1.54) is 11.3 Å². The Bertz CT molecular complexity index is 842. The normalized spacial score (nSPS) is 11.8. The zero-order chi connectivity index (χ0) is 16.6. The van der Waals surface area contributed by atoms with Crippen LogP contribution in [0.4, 0.5) is 0 Å². The number of amides is 1. The Morgan fingerprint density at radius 1 is 1.22 bits per heavy atom. The van der Waals surface area contributed by atoms with E-state index < -0.39 is 0 Å². The number of hydrogen-bond donors (Lipinski definition) is 1. The van der Waals surface area contributed by atoms with Gasteiger partial charge < -0.3 is 5.32 Å². The molecule has 0 atom stereocenters. The summed E-state index contributed by atoms with van der Waals surface area (Å²) in [7, 11) is 0. The molecule has 0 radical (unpaired) electrons.